The van der Waals surface area contributed by atoms with Crippen molar-refractivity contribution in [3.63, 3.8) is 0 Å². The molecule has 0 aliphatic carbocycles. The van der Waals surface area contributed by atoms with Crippen molar-refractivity contribution in [3.8, 4) is 0 Å². The summed E-state index contributed by atoms with van der Waals surface area (Å²) in [5.74, 6) is -0.325. The fourth-order valence-corrected chi connectivity index (χ4v) is 2.38. The van der Waals surface area contributed by atoms with Crippen LogP contribution < -0.4 is 0 Å². The van der Waals surface area contributed by atoms with Gasteiger partial charge in [-0.3, -0.25) is 8.98 Å². The summed E-state index contributed by atoms with van der Waals surface area (Å²) in [4.78, 5) is 11.7. The predicted molar refractivity (Wildman–Crippen MR) is 74.5 cm³/mol. The smallest absolute Gasteiger partial charge is 0.315 e. The minimum Gasteiger partial charge on any atom is -0.750 e. The molecule has 0 aliphatic heterocycles. The van der Waals surface area contributed by atoms with E-state index in [4.69, 9.17) is 8.92 Å². The van der Waals surface area contributed by atoms with Gasteiger partial charge in [-0.05, 0) is 31.4 Å². The fraction of sp³-hybridized carbons (Fsp3) is 0.500. The maximum absolute atomic E-state index is 11.7. The quantitative estimate of drug-likeness (QED) is 0.595. The first-order chi connectivity index (χ1) is 9.32. The Kier molecular flexibility index (Phi) is 5.86. The summed E-state index contributed by atoms with van der Waals surface area (Å²) in [6, 6.07) is 7.10. The third-order valence-electron chi connectivity index (χ3n) is 3.27. The van der Waals surface area contributed by atoms with E-state index < -0.39 is 22.9 Å². The summed E-state index contributed by atoms with van der Waals surface area (Å²) in [6.45, 7) is 5.38. The summed E-state index contributed by atoms with van der Waals surface area (Å²) in [5, 5.41) is 0. The molecule has 20 heavy (non-hydrogen) atoms. The number of hydrogen-bond donors (Lipinski definition) is 0. The highest BCUT2D eigenvalue weighted by molar-refractivity contribution is 7.74. The molecule has 0 bridgehead atoms. The molecule has 0 amide bonds. The first-order valence-corrected chi connectivity index (χ1v) is 7.28. The molecule has 1 aromatic rings. The van der Waals surface area contributed by atoms with Crippen molar-refractivity contribution >= 4 is 17.3 Å². The molecule has 1 rings (SSSR count). The van der Waals surface area contributed by atoms with Crippen molar-refractivity contribution < 1.29 is 22.5 Å². The Morgan fingerprint density at radius 1 is 1.35 bits per heavy atom. The van der Waals surface area contributed by atoms with E-state index in [2.05, 4.69) is 0 Å². The molecule has 2 unspecified atom stereocenters. The van der Waals surface area contributed by atoms with E-state index in [0.717, 1.165) is 11.1 Å². The van der Waals surface area contributed by atoms with E-state index in [1.54, 1.807) is 38.1 Å². The molecule has 0 radical (unpaired) electrons. The SMILES string of the molecule is CCC(OS(=O)[O-])c1ccc(C(C)(C)C(=O)OC)cc1. The van der Waals surface area contributed by atoms with Gasteiger partial charge in [0, 0.05) is 0 Å². The van der Waals surface area contributed by atoms with Crippen molar-refractivity contribution in [1.82, 2.24) is 0 Å². The molecular formula is C14H19O5S-. The van der Waals surface area contributed by atoms with Crippen LogP contribution in [0, 0.1) is 0 Å². The molecule has 112 valence electrons. The zero-order valence-electron chi connectivity index (χ0n) is 12.0. The second-order valence-electron chi connectivity index (χ2n) is 4.94. The van der Waals surface area contributed by atoms with E-state index in [1.165, 1.54) is 7.11 Å². The molecule has 0 saturated carbocycles. The van der Waals surface area contributed by atoms with Gasteiger partial charge in [0.1, 0.15) is 0 Å². The number of ether oxygens (including phenoxy) is 1. The number of carbonyl (C=O) groups is 1. The summed E-state index contributed by atoms with van der Waals surface area (Å²) >= 11 is -2.55. The number of methoxy groups -OCH3 is 1. The third-order valence-corrected chi connectivity index (χ3v) is 3.65. The number of hydrogen-bond acceptors (Lipinski definition) is 5. The number of rotatable bonds is 6. The Bertz CT molecular complexity index is 481. The highest BCUT2D eigenvalue weighted by Gasteiger charge is 2.30. The van der Waals surface area contributed by atoms with Crippen molar-refractivity contribution in [2.45, 2.75) is 38.7 Å². The van der Waals surface area contributed by atoms with Crippen LogP contribution in [0.4, 0.5) is 0 Å². The van der Waals surface area contributed by atoms with Gasteiger partial charge in [0.25, 0.3) is 0 Å². The van der Waals surface area contributed by atoms with Crippen LogP contribution >= 0.6 is 0 Å². The van der Waals surface area contributed by atoms with Crippen LogP contribution in [0.2, 0.25) is 0 Å². The Morgan fingerprint density at radius 2 is 1.90 bits per heavy atom. The average molecular weight is 299 g/mol. The van der Waals surface area contributed by atoms with E-state index in [-0.39, 0.29) is 5.97 Å². The molecule has 1 aromatic carbocycles. The summed E-state index contributed by atoms with van der Waals surface area (Å²) in [7, 11) is 1.35. The lowest BCUT2D eigenvalue weighted by Crippen LogP contribution is -2.30. The number of benzene rings is 1. The zero-order valence-corrected chi connectivity index (χ0v) is 12.9. The van der Waals surface area contributed by atoms with Gasteiger partial charge in [-0.25, -0.2) is 4.21 Å². The van der Waals surface area contributed by atoms with Crippen LogP contribution in [0.3, 0.4) is 0 Å². The van der Waals surface area contributed by atoms with Gasteiger partial charge in [0.15, 0.2) is 0 Å². The largest absolute Gasteiger partial charge is 0.750 e. The maximum atomic E-state index is 11.7. The molecule has 0 saturated heterocycles. The molecular weight excluding hydrogens is 280 g/mol. The average Bonchev–Trinajstić information content (AvgIpc) is 2.43. The fourth-order valence-electron chi connectivity index (χ4n) is 1.94. The summed E-state index contributed by atoms with van der Waals surface area (Å²) < 4.78 is 30.8. The Labute approximate surface area is 121 Å². The summed E-state index contributed by atoms with van der Waals surface area (Å²) in [6.07, 6.45) is 0.0249. The highest BCUT2D eigenvalue weighted by atomic mass is 32.2. The number of esters is 1. The van der Waals surface area contributed by atoms with E-state index in [9.17, 15) is 13.6 Å². The van der Waals surface area contributed by atoms with E-state index >= 15 is 0 Å². The monoisotopic (exact) mass is 299 g/mol. The zero-order chi connectivity index (χ0) is 15.3. The highest BCUT2D eigenvalue weighted by Crippen LogP contribution is 2.28. The van der Waals surface area contributed by atoms with E-state index in [0.29, 0.717) is 6.42 Å². The number of carbonyl (C=O) groups excluding carboxylic acids is 1. The topological polar surface area (TPSA) is 75.7 Å². The van der Waals surface area contributed by atoms with Crippen molar-refractivity contribution in [3.05, 3.63) is 35.4 Å². The lowest BCUT2D eigenvalue weighted by molar-refractivity contribution is -0.146. The van der Waals surface area contributed by atoms with Crippen molar-refractivity contribution in [1.29, 1.82) is 0 Å². The minimum absolute atomic E-state index is 0.325. The van der Waals surface area contributed by atoms with Gasteiger partial charge < -0.3 is 9.29 Å². The molecule has 0 aliphatic rings. The molecule has 6 heteroatoms. The minimum atomic E-state index is -2.55. The molecule has 0 N–H and O–H groups in total. The van der Waals surface area contributed by atoms with Gasteiger partial charge in [-0.15, -0.1) is 0 Å². The lowest BCUT2D eigenvalue weighted by atomic mass is 9.84. The molecule has 2 atom stereocenters. The summed E-state index contributed by atoms with van der Waals surface area (Å²) in [5.41, 5.74) is 0.796. The molecule has 0 heterocycles. The van der Waals surface area contributed by atoms with Crippen molar-refractivity contribution in [2.75, 3.05) is 7.11 Å². The van der Waals surface area contributed by atoms with Crippen LogP contribution in [0.5, 0.6) is 0 Å². The van der Waals surface area contributed by atoms with Crippen LogP contribution in [0.25, 0.3) is 0 Å². The predicted octanol–water partition coefficient (Wildman–Crippen LogP) is 2.40. The van der Waals surface area contributed by atoms with Gasteiger partial charge in [0.05, 0.1) is 30.0 Å². The van der Waals surface area contributed by atoms with Crippen LogP contribution in [-0.4, -0.2) is 21.8 Å². The van der Waals surface area contributed by atoms with Crippen LogP contribution in [0.15, 0.2) is 24.3 Å². The van der Waals surface area contributed by atoms with Crippen LogP contribution in [0.1, 0.15) is 44.4 Å². The standard InChI is InChI=1S/C14H20O5S/c1-5-12(19-20(16)17)10-6-8-11(9-7-10)14(2,3)13(15)18-4/h6-9,12H,5H2,1-4H3,(H,16,17)/p-1. The Morgan fingerprint density at radius 3 is 2.30 bits per heavy atom. The molecule has 0 aromatic heterocycles. The van der Waals surface area contributed by atoms with Gasteiger partial charge >= 0.3 is 5.97 Å². The maximum Gasteiger partial charge on any atom is 0.315 e. The second kappa shape index (κ2) is 6.97. The Hall–Kier alpha value is -1.24. The van der Waals surface area contributed by atoms with Gasteiger partial charge in [-0.1, -0.05) is 31.2 Å². The van der Waals surface area contributed by atoms with Crippen molar-refractivity contribution in [2.24, 2.45) is 0 Å². The second-order valence-corrected chi connectivity index (χ2v) is 5.54. The van der Waals surface area contributed by atoms with Gasteiger partial charge in [-0.2, -0.15) is 0 Å². The third kappa shape index (κ3) is 3.88. The van der Waals surface area contributed by atoms with Gasteiger partial charge in [0.2, 0.25) is 0 Å². The normalized spacial score (nSPS) is 14.7. The molecule has 0 fully saturated rings. The lowest BCUT2D eigenvalue weighted by Gasteiger charge is -2.23. The van der Waals surface area contributed by atoms with E-state index in [1.807, 2.05) is 6.92 Å². The van der Waals surface area contributed by atoms with Crippen LogP contribution in [-0.2, 0) is 30.5 Å². The first kappa shape index (κ1) is 16.8. The molecule has 0 spiro atoms. The first-order valence-electron chi connectivity index (χ1n) is 6.28. The Balaban J connectivity index is 2.98. The molecule has 5 nitrogen and oxygen atoms in total.